The summed E-state index contributed by atoms with van der Waals surface area (Å²) in [5.74, 6) is 1.15. The molecule has 2 fully saturated rings. The molecule has 2 saturated heterocycles. The van der Waals surface area contributed by atoms with Crippen molar-refractivity contribution in [2.24, 2.45) is 0 Å². The van der Waals surface area contributed by atoms with Gasteiger partial charge < -0.3 is 15.0 Å². The summed E-state index contributed by atoms with van der Waals surface area (Å²) in [5.41, 5.74) is 1.29. The number of anilines is 1. The van der Waals surface area contributed by atoms with E-state index in [-0.39, 0.29) is 0 Å². The summed E-state index contributed by atoms with van der Waals surface area (Å²) >= 11 is 0. The van der Waals surface area contributed by atoms with Gasteiger partial charge in [0.2, 0.25) is 0 Å². The van der Waals surface area contributed by atoms with E-state index in [9.17, 15) is 0 Å². The fraction of sp³-hybridized carbons (Fsp3) is 0.688. The van der Waals surface area contributed by atoms with Crippen LogP contribution in [-0.2, 0) is 4.74 Å². The molecule has 5 nitrogen and oxygen atoms in total. The van der Waals surface area contributed by atoms with Crippen LogP contribution in [0, 0.1) is 0 Å². The van der Waals surface area contributed by atoms with E-state index in [1.807, 2.05) is 19.3 Å². The molecule has 0 spiro atoms. The average molecular weight is 290 g/mol. The highest BCUT2D eigenvalue weighted by Gasteiger charge is 2.30. The van der Waals surface area contributed by atoms with Gasteiger partial charge in [-0.15, -0.1) is 0 Å². The van der Waals surface area contributed by atoms with Crippen LogP contribution in [0.5, 0.6) is 0 Å². The molecule has 3 rings (SSSR count). The topological polar surface area (TPSA) is 40.6 Å². The quantitative estimate of drug-likeness (QED) is 0.904. The Balaban J connectivity index is 1.71. The molecular weight excluding hydrogens is 264 g/mol. The van der Waals surface area contributed by atoms with Crippen LogP contribution in [0.4, 0.5) is 5.82 Å². The van der Waals surface area contributed by atoms with E-state index < -0.39 is 0 Å². The Hall–Kier alpha value is -1.17. The maximum Gasteiger partial charge on any atom is 0.133 e. The molecule has 21 heavy (non-hydrogen) atoms. The minimum absolute atomic E-state index is 0.330. The molecule has 2 aliphatic rings. The molecule has 1 aromatic heterocycles. The van der Waals surface area contributed by atoms with Crippen molar-refractivity contribution in [3.05, 3.63) is 23.9 Å². The minimum Gasteiger partial charge on any atom is -0.379 e. The number of hydrogen-bond acceptors (Lipinski definition) is 5. The molecule has 0 radical (unpaired) electrons. The molecule has 0 bridgehead atoms. The van der Waals surface area contributed by atoms with Gasteiger partial charge in [-0.05, 0) is 26.5 Å². The van der Waals surface area contributed by atoms with Gasteiger partial charge in [0.25, 0.3) is 0 Å². The van der Waals surface area contributed by atoms with Crippen LogP contribution in [0.3, 0.4) is 0 Å². The van der Waals surface area contributed by atoms with E-state index in [0.717, 1.165) is 45.2 Å². The Labute approximate surface area is 127 Å². The summed E-state index contributed by atoms with van der Waals surface area (Å²) < 4.78 is 5.46. The van der Waals surface area contributed by atoms with Gasteiger partial charge in [-0.25, -0.2) is 4.98 Å². The number of pyridine rings is 1. The molecule has 3 heterocycles. The zero-order chi connectivity index (χ0) is 14.7. The highest BCUT2D eigenvalue weighted by Crippen LogP contribution is 2.28. The van der Waals surface area contributed by atoms with Crippen molar-refractivity contribution in [2.75, 3.05) is 51.3 Å². The normalized spacial score (nSPS) is 25.2. The molecule has 1 N–H and O–H groups in total. The molecule has 1 aromatic rings. The first-order valence-electron chi connectivity index (χ1n) is 7.98. The zero-order valence-electron chi connectivity index (χ0n) is 13.1. The maximum atomic E-state index is 5.46. The number of ether oxygens (including phenoxy) is 1. The van der Waals surface area contributed by atoms with Crippen LogP contribution in [0.25, 0.3) is 0 Å². The lowest BCUT2D eigenvalue weighted by atomic mass is 10.1. The lowest BCUT2D eigenvalue weighted by molar-refractivity contribution is 0.0209. The summed E-state index contributed by atoms with van der Waals surface area (Å²) in [4.78, 5) is 9.68. The Morgan fingerprint density at radius 1 is 1.33 bits per heavy atom. The summed E-state index contributed by atoms with van der Waals surface area (Å²) in [6, 6.07) is 5.19. The van der Waals surface area contributed by atoms with Crippen LogP contribution in [0.2, 0.25) is 0 Å². The van der Waals surface area contributed by atoms with Crippen LogP contribution in [0.15, 0.2) is 18.3 Å². The lowest BCUT2D eigenvalue weighted by Crippen LogP contribution is -2.44. The van der Waals surface area contributed by atoms with Crippen LogP contribution in [-0.4, -0.2) is 62.4 Å². The van der Waals surface area contributed by atoms with Gasteiger partial charge in [0.15, 0.2) is 0 Å². The van der Waals surface area contributed by atoms with Gasteiger partial charge in [-0.3, -0.25) is 4.90 Å². The fourth-order valence-electron chi connectivity index (χ4n) is 3.34. The van der Waals surface area contributed by atoms with E-state index in [4.69, 9.17) is 4.74 Å². The zero-order valence-corrected chi connectivity index (χ0v) is 13.1. The summed E-state index contributed by atoms with van der Waals surface area (Å²) in [5, 5.41) is 3.33. The van der Waals surface area contributed by atoms with Crippen molar-refractivity contribution in [1.29, 1.82) is 0 Å². The predicted molar refractivity (Wildman–Crippen MR) is 84.7 cm³/mol. The SMILES string of the molecule is CNC(C)c1cccnc1N1CCC(N2CCOCC2)C1. The standard InChI is InChI=1S/C16H26N4O/c1-13(17-2)15-4-3-6-18-16(15)20-7-5-14(12-20)19-8-10-21-11-9-19/h3-4,6,13-14,17H,5,7-12H2,1-2H3. The molecule has 0 saturated carbocycles. The smallest absolute Gasteiger partial charge is 0.133 e. The molecule has 5 heteroatoms. The fourth-order valence-corrected chi connectivity index (χ4v) is 3.34. The van der Waals surface area contributed by atoms with Crippen LogP contribution < -0.4 is 10.2 Å². The first kappa shape index (κ1) is 14.8. The molecule has 116 valence electrons. The van der Waals surface area contributed by atoms with Gasteiger partial charge >= 0.3 is 0 Å². The van der Waals surface area contributed by atoms with Crippen LogP contribution >= 0.6 is 0 Å². The molecule has 2 unspecified atom stereocenters. The summed E-state index contributed by atoms with van der Waals surface area (Å²) in [7, 11) is 2.00. The Kier molecular flexibility index (Phi) is 4.73. The Morgan fingerprint density at radius 2 is 2.14 bits per heavy atom. The number of rotatable bonds is 4. The molecular formula is C16H26N4O. The molecule has 0 aliphatic carbocycles. The Morgan fingerprint density at radius 3 is 2.90 bits per heavy atom. The average Bonchev–Trinajstić information content (AvgIpc) is 3.05. The highest BCUT2D eigenvalue weighted by atomic mass is 16.5. The molecule has 2 aliphatic heterocycles. The largest absolute Gasteiger partial charge is 0.379 e. The lowest BCUT2D eigenvalue weighted by Gasteiger charge is -2.32. The first-order valence-corrected chi connectivity index (χ1v) is 7.98. The van der Waals surface area contributed by atoms with Gasteiger partial charge in [0, 0.05) is 50.0 Å². The maximum absolute atomic E-state index is 5.46. The third kappa shape index (κ3) is 3.20. The monoisotopic (exact) mass is 290 g/mol. The van der Waals surface area contributed by atoms with Crippen LogP contribution in [0.1, 0.15) is 24.9 Å². The van der Waals surface area contributed by atoms with Crippen molar-refractivity contribution in [1.82, 2.24) is 15.2 Å². The second kappa shape index (κ2) is 6.73. The third-order valence-corrected chi connectivity index (χ3v) is 4.74. The van der Waals surface area contributed by atoms with Crippen molar-refractivity contribution in [3.63, 3.8) is 0 Å². The minimum atomic E-state index is 0.330. The number of nitrogens with zero attached hydrogens (tertiary/aromatic N) is 3. The Bertz CT molecular complexity index is 461. The summed E-state index contributed by atoms with van der Waals surface area (Å²) in [6.45, 7) is 8.27. The molecule has 0 aromatic carbocycles. The van der Waals surface area contributed by atoms with E-state index in [1.165, 1.54) is 12.0 Å². The van der Waals surface area contributed by atoms with Gasteiger partial charge in [0.1, 0.15) is 5.82 Å². The third-order valence-electron chi connectivity index (χ3n) is 4.74. The van der Waals surface area contributed by atoms with Gasteiger partial charge in [0.05, 0.1) is 13.2 Å². The number of nitrogens with one attached hydrogen (secondary N) is 1. The predicted octanol–water partition coefficient (Wildman–Crippen LogP) is 1.27. The van der Waals surface area contributed by atoms with Crippen molar-refractivity contribution < 1.29 is 4.74 Å². The number of morpholine rings is 1. The highest BCUT2D eigenvalue weighted by molar-refractivity contribution is 5.49. The van der Waals surface area contributed by atoms with Crippen molar-refractivity contribution >= 4 is 5.82 Å². The summed E-state index contributed by atoms with van der Waals surface area (Å²) in [6.07, 6.45) is 3.13. The first-order chi connectivity index (χ1) is 10.3. The number of aromatic nitrogens is 1. The van der Waals surface area contributed by atoms with E-state index >= 15 is 0 Å². The van der Waals surface area contributed by atoms with Gasteiger partial charge in [-0.1, -0.05) is 6.07 Å². The second-order valence-electron chi connectivity index (χ2n) is 5.96. The van der Waals surface area contributed by atoms with E-state index in [1.54, 1.807) is 0 Å². The van der Waals surface area contributed by atoms with Crippen molar-refractivity contribution in [3.8, 4) is 0 Å². The molecule has 2 atom stereocenters. The second-order valence-corrected chi connectivity index (χ2v) is 5.96. The van der Waals surface area contributed by atoms with E-state index in [0.29, 0.717) is 12.1 Å². The number of hydrogen-bond donors (Lipinski definition) is 1. The van der Waals surface area contributed by atoms with E-state index in [2.05, 4.69) is 33.1 Å². The molecule has 0 amide bonds. The van der Waals surface area contributed by atoms with Gasteiger partial charge in [-0.2, -0.15) is 0 Å². The van der Waals surface area contributed by atoms with Crippen molar-refractivity contribution in [2.45, 2.75) is 25.4 Å².